The highest BCUT2D eigenvalue weighted by Crippen LogP contribution is 2.38. The molecule has 0 radical (unpaired) electrons. The molecule has 1 aliphatic heterocycles. The van der Waals surface area contributed by atoms with Gasteiger partial charge in [-0.1, -0.05) is 25.1 Å². The van der Waals surface area contributed by atoms with E-state index in [1.807, 2.05) is 17.9 Å². The average Bonchev–Trinajstić information content (AvgIpc) is 2.56. The summed E-state index contributed by atoms with van der Waals surface area (Å²) in [5.74, 6) is 0.215. The largest absolute Gasteiger partial charge is 0.328 e. The topological polar surface area (TPSA) is 58.4 Å². The van der Waals surface area contributed by atoms with Crippen LogP contribution < -0.4 is 16.0 Å². The quantitative estimate of drug-likeness (QED) is 0.824. The highest BCUT2D eigenvalue weighted by atomic mass is 35.5. The van der Waals surface area contributed by atoms with Crippen molar-refractivity contribution in [2.24, 2.45) is 5.73 Å². The Labute approximate surface area is 163 Å². The second-order valence-corrected chi connectivity index (χ2v) is 7.09. The number of nitrogens with one attached hydrogen (secondary N) is 1. The Morgan fingerprint density at radius 2 is 1.84 bits per heavy atom. The second-order valence-electron chi connectivity index (χ2n) is 7.09. The van der Waals surface area contributed by atoms with E-state index in [0.717, 1.165) is 37.8 Å². The first-order valence-electron chi connectivity index (χ1n) is 9.02. The maximum atomic E-state index is 12.4. The van der Waals surface area contributed by atoms with Gasteiger partial charge in [0.2, 0.25) is 5.91 Å². The van der Waals surface area contributed by atoms with Gasteiger partial charge in [-0.2, -0.15) is 0 Å². The molecule has 1 aromatic rings. The molecule has 0 unspecified atom stereocenters. The van der Waals surface area contributed by atoms with Crippen molar-refractivity contribution in [2.75, 3.05) is 4.90 Å². The molecule has 25 heavy (non-hydrogen) atoms. The summed E-state index contributed by atoms with van der Waals surface area (Å²) in [5.41, 5.74) is 8.38. The van der Waals surface area contributed by atoms with Crippen molar-refractivity contribution in [1.82, 2.24) is 5.32 Å². The van der Waals surface area contributed by atoms with E-state index in [1.165, 1.54) is 5.56 Å². The summed E-state index contributed by atoms with van der Waals surface area (Å²) in [6.07, 6.45) is 6.07. The van der Waals surface area contributed by atoms with E-state index in [9.17, 15) is 4.79 Å². The van der Waals surface area contributed by atoms with Gasteiger partial charge in [-0.05, 0) is 50.7 Å². The molecule has 1 saturated carbocycles. The van der Waals surface area contributed by atoms with E-state index in [0.29, 0.717) is 24.5 Å². The Hall–Kier alpha value is -0.810. The van der Waals surface area contributed by atoms with Gasteiger partial charge in [-0.25, -0.2) is 0 Å². The number of carbonyl (C=O) groups is 1. The number of hydrogen-bond donors (Lipinski definition) is 2. The van der Waals surface area contributed by atoms with Crippen LogP contribution in [0.1, 0.15) is 64.0 Å². The minimum atomic E-state index is 0. The van der Waals surface area contributed by atoms with E-state index in [-0.39, 0.29) is 36.8 Å². The summed E-state index contributed by atoms with van der Waals surface area (Å²) in [6, 6.07) is 9.87. The minimum absolute atomic E-state index is 0. The molecule has 1 aliphatic carbocycles. The predicted octanol–water partition coefficient (Wildman–Crippen LogP) is 3.97. The Kier molecular flexibility index (Phi) is 8.69. The minimum Gasteiger partial charge on any atom is -0.328 e. The number of carbonyl (C=O) groups excluding carboxylic acids is 1. The lowest BCUT2D eigenvalue weighted by molar-refractivity contribution is -0.118. The third-order valence-electron chi connectivity index (χ3n) is 5.37. The molecule has 6 heteroatoms. The lowest BCUT2D eigenvalue weighted by Crippen LogP contribution is -2.47. The highest BCUT2D eigenvalue weighted by Gasteiger charge is 2.34. The molecule has 1 fully saturated rings. The number of hydrogen-bond acceptors (Lipinski definition) is 3. The van der Waals surface area contributed by atoms with E-state index >= 15 is 0 Å². The number of para-hydroxylation sites is 1. The average molecular weight is 388 g/mol. The first-order chi connectivity index (χ1) is 11.1. The fourth-order valence-electron chi connectivity index (χ4n) is 4.09. The van der Waals surface area contributed by atoms with Crippen molar-refractivity contribution < 1.29 is 4.79 Å². The van der Waals surface area contributed by atoms with E-state index in [4.69, 9.17) is 5.73 Å². The van der Waals surface area contributed by atoms with Gasteiger partial charge >= 0.3 is 0 Å². The van der Waals surface area contributed by atoms with Crippen LogP contribution in [-0.2, 0) is 4.79 Å². The molecule has 0 spiro atoms. The summed E-state index contributed by atoms with van der Waals surface area (Å²) < 4.78 is 0. The van der Waals surface area contributed by atoms with Gasteiger partial charge in [0.15, 0.2) is 0 Å². The number of benzene rings is 1. The van der Waals surface area contributed by atoms with Crippen molar-refractivity contribution in [1.29, 1.82) is 0 Å². The molecular weight excluding hydrogens is 357 g/mol. The van der Waals surface area contributed by atoms with Crippen molar-refractivity contribution in [3.8, 4) is 0 Å². The standard InChI is InChI=1S/C19H29N3O.2ClH/c1-3-19(23)22-13(2)12-17(16-6-4-5-7-18(16)22)21-15-10-8-14(20)9-11-15;;/h4-7,13-15,17,21H,3,8-12,20H2,1-2H3;2*1H/t13-,14?,15?,17-;;/m1../s1. The monoisotopic (exact) mass is 387 g/mol. The summed E-state index contributed by atoms with van der Waals surface area (Å²) in [5, 5.41) is 3.85. The number of nitrogens with zero attached hydrogens (tertiary/aromatic N) is 1. The van der Waals surface area contributed by atoms with Gasteiger partial charge in [0.05, 0.1) is 0 Å². The number of nitrogens with two attached hydrogens (primary N) is 1. The Morgan fingerprint density at radius 3 is 2.48 bits per heavy atom. The molecule has 3 N–H and O–H groups in total. The Morgan fingerprint density at radius 1 is 1.20 bits per heavy atom. The SMILES string of the molecule is CCC(=O)N1c2ccccc2[C@H](NC2CCC(N)CC2)C[C@H]1C.Cl.Cl. The molecular formula is C19H31Cl2N3O. The normalized spacial score (nSPS) is 28.4. The van der Waals surface area contributed by atoms with Gasteiger partial charge in [0.25, 0.3) is 0 Å². The maximum absolute atomic E-state index is 12.4. The zero-order valence-corrected chi connectivity index (χ0v) is 16.7. The number of anilines is 1. The molecule has 4 nitrogen and oxygen atoms in total. The summed E-state index contributed by atoms with van der Waals surface area (Å²) in [6.45, 7) is 4.10. The van der Waals surface area contributed by atoms with Crippen LogP contribution in [0.5, 0.6) is 0 Å². The summed E-state index contributed by atoms with van der Waals surface area (Å²) in [4.78, 5) is 14.4. The van der Waals surface area contributed by atoms with Crippen LogP contribution in [0.15, 0.2) is 24.3 Å². The zero-order valence-electron chi connectivity index (χ0n) is 15.1. The number of rotatable bonds is 3. The number of fused-ring (bicyclic) bond motifs is 1. The summed E-state index contributed by atoms with van der Waals surface area (Å²) >= 11 is 0. The van der Waals surface area contributed by atoms with Crippen LogP contribution in [0.25, 0.3) is 0 Å². The fraction of sp³-hybridized carbons (Fsp3) is 0.632. The Balaban J connectivity index is 0.00000156. The second kappa shape index (κ2) is 9.77. The molecule has 2 aliphatic rings. The number of amides is 1. The Bertz CT molecular complexity index is 561. The van der Waals surface area contributed by atoms with E-state index in [2.05, 4.69) is 30.4 Å². The van der Waals surface area contributed by atoms with Gasteiger partial charge in [0, 0.05) is 36.3 Å². The van der Waals surface area contributed by atoms with Crippen LogP contribution >= 0.6 is 24.8 Å². The summed E-state index contributed by atoms with van der Waals surface area (Å²) in [7, 11) is 0. The molecule has 0 saturated heterocycles. The predicted molar refractivity (Wildman–Crippen MR) is 109 cm³/mol. The van der Waals surface area contributed by atoms with Crippen LogP contribution in [0.3, 0.4) is 0 Å². The van der Waals surface area contributed by atoms with E-state index < -0.39 is 0 Å². The highest BCUT2D eigenvalue weighted by molar-refractivity contribution is 5.95. The van der Waals surface area contributed by atoms with Crippen LogP contribution in [-0.4, -0.2) is 24.0 Å². The van der Waals surface area contributed by atoms with Gasteiger partial charge < -0.3 is 16.0 Å². The van der Waals surface area contributed by atoms with Crippen molar-refractivity contribution in [2.45, 2.75) is 76.5 Å². The molecule has 3 rings (SSSR count). The first-order valence-corrected chi connectivity index (χ1v) is 9.02. The van der Waals surface area contributed by atoms with Crippen LogP contribution in [0.4, 0.5) is 5.69 Å². The van der Waals surface area contributed by atoms with Crippen LogP contribution in [0.2, 0.25) is 0 Å². The molecule has 142 valence electrons. The van der Waals surface area contributed by atoms with Crippen molar-refractivity contribution in [3.05, 3.63) is 29.8 Å². The third kappa shape index (κ3) is 4.88. The molecule has 0 aromatic heterocycles. The third-order valence-corrected chi connectivity index (χ3v) is 5.37. The molecule has 1 heterocycles. The molecule has 2 atom stereocenters. The lowest BCUT2D eigenvalue weighted by Gasteiger charge is -2.41. The lowest BCUT2D eigenvalue weighted by atomic mass is 9.87. The van der Waals surface area contributed by atoms with Gasteiger partial charge in [0.1, 0.15) is 0 Å². The van der Waals surface area contributed by atoms with E-state index in [1.54, 1.807) is 0 Å². The van der Waals surface area contributed by atoms with Gasteiger partial charge in [-0.3, -0.25) is 4.79 Å². The fourth-order valence-corrected chi connectivity index (χ4v) is 4.09. The smallest absolute Gasteiger partial charge is 0.226 e. The van der Waals surface area contributed by atoms with Gasteiger partial charge in [-0.15, -0.1) is 24.8 Å². The first kappa shape index (κ1) is 22.2. The van der Waals surface area contributed by atoms with Crippen molar-refractivity contribution in [3.63, 3.8) is 0 Å². The molecule has 1 amide bonds. The zero-order chi connectivity index (χ0) is 16.4. The van der Waals surface area contributed by atoms with Crippen molar-refractivity contribution >= 4 is 36.4 Å². The molecule has 0 bridgehead atoms. The maximum Gasteiger partial charge on any atom is 0.226 e. The number of halogens is 2. The van der Waals surface area contributed by atoms with Crippen LogP contribution in [0, 0.1) is 0 Å². The molecule has 1 aromatic carbocycles.